The second-order valence-corrected chi connectivity index (χ2v) is 15.7. The third-order valence-corrected chi connectivity index (χ3v) is 12.2. The molecule has 1 aliphatic rings. The molecular weight excluding hydrogens is 611 g/mol. The van der Waals surface area contributed by atoms with Crippen LogP contribution < -0.4 is 20.1 Å². The average Bonchev–Trinajstić information content (AvgIpc) is 3.15. The van der Waals surface area contributed by atoms with Gasteiger partial charge in [0, 0.05) is 17.1 Å². The van der Waals surface area contributed by atoms with Gasteiger partial charge < -0.3 is 20.1 Å². The van der Waals surface area contributed by atoms with Crippen molar-refractivity contribution < 1.29 is 35.5 Å². The van der Waals surface area contributed by atoms with Crippen molar-refractivity contribution >= 4 is 63.3 Å². The van der Waals surface area contributed by atoms with Crippen LogP contribution >= 0.6 is 11.6 Å². The Morgan fingerprint density at radius 1 is 1.00 bits per heavy atom. The van der Waals surface area contributed by atoms with Crippen LogP contribution in [0.1, 0.15) is 12.5 Å². The first-order valence-electron chi connectivity index (χ1n) is 12.6. The molecule has 5 rings (SSSR count). The number of hydrogen-bond acceptors (Lipinski definition) is 10. The van der Waals surface area contributed by atoms with Crippen LogP contribution in [0.15, 0.2) is 60.9 Å². The Kier molecular flexibility index (Phi) is 8.21. The maximum atomic E-state index is 13.4. The van der Waals surface area contributed by atoms with Crippen LogP contribution in [0, 0.1) is 11.7 Å². The number of halogens is 2. The van der Waals surface area contributed by atoms with Crippen molar-refractivity contribution in [2.75, 3.05) is 28.7 Å². The molecule has 11 nitrogen and oxygen atoms in total. The minimum atomic E-state index is -4.42. The molecule has 0 unspecified atom stereocenters. The predicted octanol–water partition coefficient (Wildman–Crippen LogP) is 4.46. The van der Waals surface area contributed by atoms with Crippen molar-refractivity contribution in [2.24, 2.45) is 5.92 Å². The van der Waals surface area contributed by atoms with E-state index in [1.165, 1.54) is 18.5 Å². The van der Waals surface area contributed by atoms with Crippen molar-refractivity contribution in [3.05, 3.63) is 77.3 Å². The van der Waals surface area contributed by atoms with E-state index in [9.17, 15) is 26.0 Å². The zero-order valence-corrected chi connectivity index (χ0v) is 24.4. The van der Waals surface area contributed by atoms with E-state index in [1.807, 2.05) is 0 Å². The fourth-order valence-corrected chi connectivity index (χ4v) is 8.86. The zero-order valence-electron chi connectivity index (χ0n) is 22.0. The number of ether oxygens (including phenoxy) is 2. The van der Waals surface area contributed by atoms with Gasteiger partial charge in [0.2, 0.25) is 5.91 Å². The molecule has 220 valence electrons. The first-order chi connectivity index (χ1) is 20.0. The Bertz CT molecular complexity index is 1870. The largest absolute Gasteiger partial charge is 0.492 e. The summed E-state index contributed by atoms with van der Waals surface area (Å²) in [6.45, 7) is 2.12. The number of rotatable bonds is 9. The monoisotopic (exact) mass is 634 g/mol. The average molecular weight is 635 g/mol. The Morgan fingerprint density at radius 3 is 2.45 bits per heavy atom. The fourth-order valence-electron chi connectivity index (χ4n) is 4.31. The summed E-state index contributed by atoms with van der Waals surface area (Å²) in [5.74, 6) is -2.99. The Morgan fingerprint density at radius 2 is 1.76 bits per heavy atom. The standard InChI is InChI=1S/C27H24ClFN4O7S2/c1-2-39-25-11-22-20(10-23(25)33-27(34)17-13-41(35,36)42(37,38)14-17)26(31-15-30-22)32-19-6-7-24(21(28)9-19)40-12-16-4-3-5-18(29)8-16/h3-11,15,17H,2,12-14H2,1H3,(H,33,34)(H,30,31,32). The molecule has 1 fully saturated rings. The predicted molar refractivity (Wildman–Crippen MR) is 156 cm³/mol. The maximum Gasteiger partial charge on any atom is 0.254 e. The van der Waals surface area contributed by atoms with E-state index in [0.29, 0.717) is 38.7 Å². The topological polar surface area (TPSA) is 154 Å². The van der Waals surface area contributed by atoms with Crippen molar-refractivity contribution in [1.82, 2.24) is 9.97 Å². The summed E-state index contributed by atoms with van der Waals surface area (Å²) in [5.41, 5.74) is 1.86. The third kappa shape index (κ3) is 6.25. The van der Waals surface area contributed by atoms with Gasteiger partial charge in [0.1, 0.15) is 36.1 Å². The lowest BCUT2D eigenvalue weighted by atomic mass is 10.1. The molecule has 3 aromatic carbocycles. The van der Waals surface area contributed by atoms with Crippen molar-refractivity contribution in [3.63, 3.8) is 0 Å². The molecule has 0 saturated carbocycles. The molecule has 1 aliphatic heterocycles. The van der Waals surface area contributed by atoms with E-state index >= 15 is 0 Å². The fraction of sp³-hybridized carbons (Fsp3) is 0.222. The summed E-state index contributed by atoms with van der Waals surface area (Å²) in [4.78, 5) is 21.5. The third-order valence-electron chi connectivity index (χ3n) is 6.34. The number of amides is 1. The van der Waals surface area contributed by atoms with E-state index in [0.717, 1.165) is 0 Å². The van der Waals surface area contributed by atoms with Crippen LogP contribution in [-0.2, 0) is 29.1 Å². The minimum absolute atomic E-state index is 0.121. The number of nitrogens with one attached hydrogen (secondary N) is 2. The van der Waals surface area contributed by atoms with Crippen LogP contribution in [0.25, 0.3) is 10.9 Å². The summed E-state index contributed by atoms with van der Waals surface area (Å²) < 4.78 is 72.5. The number of hydrogen-bond donors (Lipinski definition) is 2. The van der Waals surface area contributed by atoms with Gasteiger partial charge in [-0.05, 0) is 48.9 Å². The van der Waals surface area contributed by atoms with Crippen LogP contribution in [-0.4, -0.2) is 50.8 Å². The molecule has 42 heavy (non-hydrogen) atoms. The van der Waals surface area contributed by atoms with Gasteiger partial charge in [0.25, 0.3) is 17.7 Å². The number of anilines is 3. The van der Waals surface area contributed by atoms with E-state index in [-0.39, 0.29) is 30.5 Å². The normalized spacial score (nSPS) is 15.8. The molecule has 4 aromatic rings. The molecular formula is C27H24ClFN4O7S2. The van der Waals surface area contributed by atoms with Crippen LogP contribution in [0.3, 0.4) is 0 Å². The van der Waals surface area contributed by atoms with E-state index in [4.69, 9.17) is 21.1 Å². The lowest BCUT2D eigenvalue weighted by molar-refractivity contribution is -0.118. The first kappa shape index (κ1) is 29.5. The molecule has 15 heteroatoms. The Balaban J connectivity index is 1.39. The smallest absolute Gasteiger partial charge is 0.254 e. The number of nitrogens with zero attached hydrogens (tertiary/aromatic N) is 2. The highest BCUT2D eigenvalue weighted by Crippen LogP contribution is 2.36. The van der Waals surface area contributed by atoms with Gasteiger partial charge in [-0.1, -0.05) is 23.7 Å². The highest BCUT2D eigenvalue weighted by molar-refractivity contribution is 8.67. The van der Waals surface area contributed by atoms with Gasteiger partial charge in [-0.3, -0.25) is 4.79 Å². The van der Waals surface area contributed by atoms with Crippen LogP contribution in [0.5, 0.6) is 11.5 Å². The molecule has 0 aliphatic carbocycles. The number of benzene rings is 3. The molecule has 1 amide bonds. The quantitative estimate of drug-likeness (QED) is 0.252. The lowest BCUT2D eigenvalue weighted by Crippen LogP contribution is -2.26. The second-order valence-electron chi connectivity index (χ2n) is 9.34. The van der Waals surface area contributed by atoms with Crippen LogP contribution in [0.2, 0.25) is 5.02 Å². The second kappa shape index (κ2) is 11.7. The number of carbonyl (C=O) groups excluding carboxylic acids is 1. The first-order valence-corrected chi connectivity index (χ1v) is 16.8. The van der Waals surface area contributed by atoms with Gasteiger partial charge in [0.15, 0.2) is 0 Å². The number of aromatic nitrogens is 2. The molecule has 0 bridgehead atoms. The van der Waals surface area contributed by atoms with E-state index < -0.39 is 41.1 Å². The summed E-state index contributed by atoms with van der Waals surface area (Å²) in [6, 6.07) is 14.1. The molecule has 1 aromatic heterocycles. The zero-order chi connectivity index (χ0) is 30.1. The van der Waals surface area contributed by atoms with Gasteiger partial charge in [-0.15, -0.1) is 0 Å². The van der Waals surface area contributed by atoms with E-state index in [1.54, 1.807) is 49.4 Å². The number of carbonyl (C=O) groups is 1. The van der Waals surface area contributed by atoms with E-state index in [2.05, 4.69) is 20.6 Å². The summed E-state index contributed by atoms with van der Waals surface area (Å²) >= 11 is 6.43. The summed E-state index contributed by atoms with van der Waals surface area (Å²) in [5, 5.41) is 6.53. The van der Waals surface area contributed by atoms with Gasteiger partial charge in [-0.25, -0.2) is 31.2 Å². The Labute approximate surface area is 245 Å². The molecule has 1 saturated heterocycles. The van der Waals surface area contributed by atoms with Gasteiger partial charge in [-0.2, -0.15) is 0 Å². The highest BCUT2D eigenvalue weighted by Gasteiger charge is 2.46. The number of fused-ring (bicyclic) bond motifs is 1. The lowest BCUT2D eigenvalue weighted by Gasteiger charge is -2.16. The van der Waals surface area contributed by atoms with Crippen LogP contribution in [0.4, 0.5) is 21.6 Å². The molecule has 0 radical (unpaired) electrons. The van der Waals surface area contributed by atoms with Crippen molar-refractivity contribution in [2.45, 2.75) is 13.5 Å². The van der Waals surface area contributed by atoms with Gasteiger partial charge >= 0.3 is 0 Å². The highest BCUT2D eigenvalue weighted by atomic mass is 35.5. The van der Waals surface area contributed by atoms with Crippen molar-refractivity contribution in [1.29, 1.82) is 0 Å². The summed E-state index contributed by atoms with van der Waals surface area (Å²) in [7, 11) is -8.84. The molecule has 0 atom stereocenters. The Hall–Kier alpha value is -4.01. The molecule has 0 spiro atoms. The minimum Gasteiger partial charge on any atom is -0.492 e. The maximum absolute atomic E-state index is 13.4. The molecule has 2 N–H and O–H groups in total. The van der Waals surface area contributed by atoms with Gasteiger partial charge in [0.05, 0.1) is 40.3 Å². The summed E-state index contributed by atoms with van der Waals surface area (Å²) in [6.07, 6.45) is 1.34. The SMILES string of the molecule is CCOc1cc2ncnc(Nc3ccc(OCc4cccc(F)c4)c(Cl)c3)c2cc1NC(=O)C1CS(=O)(=O)S(=O)(=O)C1. The molecule has 2 heterocycles. The van der Waals surface area contributed by atoms with Crippen molar-refractivity contribution in [3.8, 4) is 11.5 Å².